The van der Waals surface area contributed by atoms with Gasteiger partial charge < -0.3 is 15.5 Å². The van der Waals surface area contributed by atoms with E-state index in [1.165, 1.54) is 0 Å². The van der Waals surface area contributed by atoms with Gasteiger partial charge in [0.1, 0.15) is 5.01 Å². The summed E-state index contributed by atoms with van der Waals surface area (Å²) in [4.78, 5) is 24.8. The first-order valence-electron chi connectivity index (χ1n) is 11.8. The molecule has 3 N–H and O–H groups in total. The van der Waals surface area contributed by atoms with Crippen molar-refractivity contribution in [2.75, 3.05) is 6.61 Å². The quantitative estimate of drug-likeness (QED) is 0.470. The predicted octanol–water partition coefficient (Wildman–Crippen LogP) is 4.39. The number of aromatic nitrogens is 2. The lowest BCUT2D eigenvalue weighted by atomic mass is 9.47. The summed E-state index contributed by atoms with van der Waals surface area (Å²) in [6, 6.07) is 7.93. The number of pyridine rings is 1. The molecule has 3 heterocycles. The number of aliphatic hydroxyl groups is 2. The number of thiophene rings is 1. The molecule has 2 aliphatic carbocycles. The minimum Gasteiger partial charge on any atom is -0.396 e. The number of carbonyl (C=O) groups excluding carboxylic acids is 1. The van der Waals surface area contributed by atoms with Gasteiger partial charge in [0, 0.05) is 45.5 Å². The predicted molar refractivity (Wildman–Crippen MR) is 135 cm³/mol. The van der Waals surface area contributed by atoms with Crippen LogP contribution in [0.25, 0.3) is 10.6 Å². The van der Waals surface area contributed by atoms with E-state index in [0.717, 1.165) is 38.9 Å². The molecule has 1 saturated carbocycles. The molecule has 34 heavy (non-hydrogen) atoms. The van der Waals surface area contributed by atoms with Crippen LogP contribution in [0, 0.1) is 16.7 Å². The Balaban J connectivity index is 1.52. The van der Waals surface area contributed by atoms with E-state index in [1.807, 2.05) is 42.8 Å². The molecule has 0 radical (unpaired) electrons. The first kappa shape index (κ1) is 23.6. The van der Waals surface area contributed by atoms with Crippen molar-refractivity contribution in [3.8, 4) is 10.6 Å². The van der Waals surface area contributed by atoms with Crippen LogP contribution in [0.4, 0.5) is 0 Å². The van der Waals surface area contributed by atoms with Crippen molar-refractivity contribution in [1.82, 2.24) is 15.3 Å². The van der Waals surface area contributed by atoms with Gasteiger partial charge in [0.25, 0.3) is 0 Å². The zero-order valence-corrected chi connectivity index (χ0v) is 21.2. The third-order valence-electron chi connectivity index (χ3n) is 8.23. The molecule has 5 rings (SSSR count). The summed E-state index contributed by atoms with van der Waals surface area (Å²) in [7, 11) is 0. The van der Waals surface area contributed by atoms with Crippen molar-refractivity contribution >= 4 is 28.6 Å². The highest BCUT2D eigenvalue weighted by Crippen LogP contribution is 2.62. The van der Waals surface area contributed by atoms with Crippen LogP contribution >= 0.6 is 22.7 Å². The summed E-state index contributed by atoms with van der Waals surface area (Å²) >= 11 is 3.29. The lowest BCUT2D eigenvalue weighted by Gasteiger charge is -2.58. The van der Waals surface area contributed by atoms with Gasteiger partial charge in [-0.2, -0.15) is 0 Å². The van der Waals surface area contributed by atoms with E-state index >= 15 is 0 Å². The largest absolute Gasteiger partial charge is 0.396 e. The maximum absolute atomic E-state index is 13.2. The van der Waals surface area contributed by atoms with Crippen molar-refractivity contribution < 1.29 is 15.0 Å². The lowest BCUT2D eigenvalue weighted by molar-refractivity contribution is -0.144. The number of amides is 1. The standard InChI is InChI=1S/C26H31N3O3S2/c1-25-8-7-21(31)26(2,15-30)20(25)12-19-23(29-24(34-19)16-5-3-9-27-13-16)18(25)11-22(32)28-14-17-6-4-10-33-17/h3-6,9-10,13,18,20-21,30-31H,7-8,11-12,14-15H2,1-2H3,(H,28,32). The van der Waals surface area contributed by atoms with Crippen LogP contribution < -0.4 is 5.32 Å². The van der Waals surface area contributed by atoms with Crippen LogP contribution in [0.2, 0.25) is 0 Å². The Morgan fingerprint density at radius 2 is 2.15 bits per heavy atom. The molecule has 2 aliphatic rings. The van der Waals surface area contributed by atoms with Gasteiger partial charge in [-0.05, 0) is 54.2 Å². The number of rotatable bonds is 6. The monoisotopic (exact) mass is 497 g/mol. The van der Waals surface area contributed by atoms with Gasteiger partial charge in [-0.15, -0.1) is 22.7 Å². The molecule has 0 saturated heterocycles. The van der Waals surface area contributed by atoms with E-state index in [-0.39, 0.29) is 29.8 Å². The average Bonchev–Trinajstić information content (AvgIpc) is 3.52. The van der Waals surface area contributed by atoms with Crippen LogP contribution in [-0.4, -0.2) is 38.8 Å². The van der Waals surface area contributed by atoms with E-state index in [1.54, 1.807) is 28.9 Å². The molecule has 3 aromatic rings. The molecule has 1 fully saturated rings. The molecule has 5 atom stereocenters. The second-order valence-electron chi connectivity index (χ2n) is 10.2. The highest BCUT2D eigenvalue weighted by Gasteiger charge is 2.59. The molecule has 6 nitrogen and oxygen atoms in total. The number of nitrogens with zero attached hydrogens (tertiary/aromatic N) is 2. The SMILES string of the molecule is CC1(CO)C(O)CCC2(C)C(CC(=O)NCc3cccs3)c3nc(-c4cccnc4)sc3CC12. The Kier molecular flexibility index (Phi) is 6.35. The number of thiazole rings is 1. The van der Waals surface area contributed by atoms with Gasteiger partial charge in [-0.1, -0.05) is 19.9 Å². The summed E-state index contributed by atoms with van der Waals surface area (Å²) in [6.45, 7) is 4.69. The Morgan fingerprint density at radius 1 is 1.29 bits per heavy atom. The summed E-state index contributed by atoms with van der Waals surface area (Å²) < 4.78 is 0. The molecular formula is C26H31N3O3S2. The van der Waals surface area contributed by atoms with Crippen LogP contribution in [0.3, 0.4) is 0 Å². The van der Waals surface area contributed by atoms with Gasteiger partial charge in [0.15, 0.2) is 0 Å². The van der Waals surface area contributed by atoms with Crippen molar-refractivity contribution in [2.45, 2.75) is 58.1 Å². The molecule has 8 heteroatoms. The smallest absolute Gasteiger partial charge is 0.220 e. The highest BCUT2D eigenvalue weighted by molar-refractivity contribution is 7.15. The summed E-state index contributed by atoms with van der Waals surface area (Å²) in [5.41, 5.74) is 1.12. The van der Waals surface area contributed by atoms with E-state index in [9.17, 15) is 15.0 Å². The molecule has 180 valence electrons. The summed E-state index contributed by atoms with van der Waals surface area (Å²) in [5, 5.41) is 27.3. The lowest BCUT2D eigenvalue weighted by Crippen LogP contribution is -2.57. The van der Waals surface area contributed by atoms with Crippen molar-refractivity contribution in [2.24, 2.45) is 16.7 Å². The van der Waals surface area contributed by atoms with Crippen LogP contribution in [0.5, 0.6) is 0 Å². The van der Waals surface area contributed by atoms with Gasteiger partial charge in [0.05, 0.1) is 24.9 Å². The highest BCUT2D eigenvalue weighted by atomic mass is 32.1. The molecule has 0 spiro atoms. The first-order chi connectivity index (χ1) is 16.3. The van der Waals surface area contributed by atoms with Gasteiger partial charge in [-0.3, -0.25) is 9.78 Å². The second-order valence-corrected chi connectivity index (χ2v) is 12.3. The number of hydrogen-bond acceptors (Lipinski definition) is 7. The zero-order chi connectivity index (χ0) is 23.9. The van der Waals surface area contributed by atoms with Gasteiger partial charge >= 0.3 is 0 Å². The number of aliphatic hydroxyl groups excluding tert-OH is 2. The normalized spacial score (nSPS) is 30.4. The fourth-order valence-corrected chi connectivity index (χ4v) is 7.92. The van der Waals surface area contributed by atoms with Crippen molar-refractivity contribution in [3.63, 3.8) is 0 Å². The number of nitrogens with one attached hydrogen (secondary N) is 1. The average molecular weight is 498 g/mol. The summed E-state index contributed by atoms with van der Waals surface area (Å²) in [5.74, 6) is -0.0119. The topological polar surface area (TPSA) is 95.3 Å². The third kappa shape index (κ3) is 4.00. The van der Waals surface area contributed by atoms with Crippen LogP contribution in [0.1, 0.15) is 54.5 Å². The molecule has 0 aliphatic heterocycles. The Bertz CT molecular complexity index is 1150. The van der Waals surface area contributed by atoms with Gasteiger partial charge in [0.2, 0.25) is 5.91 Å². The van der Waals surface area contributed by atoms with Crippen molar-refractivity contribution in [3.05, 3.63) is 57.5 Å². The molecular weight excluding hydrogens is 466 g/mol. The molecule has 5 unspecified atom stereocenters. The van der Waals surface area contributed by atoms with Crippen LogP contribution in [-0.2, 0) is 17.8 Å². The molecule has 0 bridgehead atoms. The Hall–Kier alpha value is -2.13. The zero-order valence-electron chi connectivity index (χ0n) is 19.5. The number of carbonyl (C=O) groups is 1. The number of fused-ring (bicyclic) bond motifs is 2. The fraction of sp³-hybridized carbons (Fsp3) is 0.500. The molecule has 0 aromatic carbocycles. The first-order valence-corrected chi connectivity index (χ1v) is 13.5. The molecule has 1 amide bonds. The van der Waals surface area contributed by atoms with E-state index in [0.29, 0.717) is 19.4 Å². The minimum absolute atomic E-state index is 0.0129. The second kappa shape index (κ2) is 9.15. The summed E-state index contributed by atoms with van der Waals surface area (Å²) in [6.07, 6.45) is 5.54. The van der Waals surface area contributed by atoms with Gasteiger partial charge in [-0.25, -0.2) is 4.98 Å². The minimum atomic E-state index is -0.616. The fourth-order valence-electron chi connectivity index (χ4n) is 6.11. The number of hydrogen-bond donors (Lipinski definition) is 3. The maximum atomic E-state index is 13.2. The third-order valence-corrected chi connectivity index (χ3v) is 10.3. The van der Waals surface area contributed by atoms with E-state index in [4.69, 9.17) is 4.98 Å². The Labute approximate surface area is 208 Å². The van der Waals surface area contributed by atoms with E-state index in [2.05, 4.69) is 17.2 Å². The van der Waals surface area contributed by atoms with E-state index < -0.39 is 11.5 Å². The Morgan fingerprint density at radius 3 is 2.85 bits per heavy atom. The van der Waals surface area contributed by atoms with Crippen molar-refractivity contribution in [1.29, 1.82) is 0 Å². The maximum Gasteiger partial charge on any atom is 0.220 e. The van der Waals surface area contributed by atoms with Crippen LogP contribution in [0.15, 0.2) is 42.0 Å². The molecule has 3 aromatic heterocycles.